The van der Waals surface area contributed by atoms with Gasteiger partial charge in [0.15, 0.2) is 0 Å². The summed E-state index contributed by atoms with van der Waals surface area (Å²) in [5.41, 5.74) is 3.53. The first-order chi connectivity index (χ1) is 11.8. The van der Waals surface area contributed by atoms with E-state index >= 15 is 0 Å². The van der Waals surface area contributed by atoms with Crippen molar-refractivity contribution >= 4 is 42.1 Å². The molecule has 0 bridgehead atoms. The molecule has 140 valence electrons. The zero-order chi connectivity index (χ0) is 16.4. The zero-order valence-electron chi connectivity index (χ0n) is 14.6. The monoisotopic (exact) mass is 393 g/mol. The maximum absolute atomic E-state index is 12.8. The topological polar surface area (TPSA) is 35.6 Å². The van der Waals surface area contributed by atoms with Crippen LogP contribution in [0.3, 0.4) is 0 Å². The molecule has 26 heavy (non-hydrogen) atoms. The molecule has 1 fully saturated rings. The minimum Gasteiger partial charge on any atom is -0.365 e. The normalized spacial score (nSPS) is 16.5. The average Bonchev–Trinajstić information content (AvgIpc) is 2.74. The molecule has 2 heterocycles. The summed E-state index contributed by atoms with van der Waals surface area (Å²) in [5.74, 6) is 0.404. The Bertz CT molecular complexity index is 722. The van der Waals surface area contributed by atoms with Crippen LogP contribution in [0.25, 0.3) is 0 Å². The number of nitrogens with zero attached hydrogens (tertiary/aromatic N) is 2. The predicted octanol–water partition coefficient (Wildman–Crippen LogP) is 3.49. The summed E-state index contributed by atoms with van der Waals surface area (Å²) >= 11 is 0. The van der Waals surface area contributed by atoms with E-state index < -0.39 is 0 Å². The summed E-state index contributed by atoms with van der Waals surface area (Å²) in [7, 11) is 0. The first-order valence-electron chi connectivity index (χ1n) is 8.73. The fourth-order valence-electron chi connectivity index (χ4n) is 3.50. The number of para-hydroxylation sites is 2. The van der Waals surface area contributed by atoms with E-state index in [-0.39, 0.29) is 36.6 Å². The molecule has 0 atom stereocenters. The molecule has 4 nitrogen and oxygen atoms in total. The Kier molecular flexibility index (Phi) is 7.33. The quantitative estimate of drug-likeness (QED) is 0.866. The van der Waals surface area contributed by atoms with Crippen LogP contribution in [0.1, 0.15) is 12.0 Å². The third-order valence-corrected chi connectivity index (χ3v) is 4.94. The summed E-state index contributed by atoms with van der Waals surface area (Å²) in [6, 6.07) is 18.9. The lowest BCUT2D eigenvalue weighted by Gasteiger charge is -2.33. The summed E-state index contributed by atoms with van der Waals surface area (Å²) < 4.78 is 0. The van der Waals surface area contributed by atoms with E-state index in [1.165, 1.54) is 11.3 Å². The molecule has 0 aliphatic carbocycles. The van der Waals surface area contributed by atoms with Crippen LogP contribution in [0.15, 0.2) is 54.6 Å². The van der Waals surface area contributed by atoms with Crippen molar-refractivity contribution in [2.75, 3.05) is 36.0 Å². The number of fused-ring (bicyclic) bond motifs is 1. The second kappa shape index (κ2) is 9.26. The number of hydrogen-bond acceptors (Lipinski definition) is 3. The number of rotatable bonds is 3. The van der Waals surface area contributed by atoms with Gasteiger partial charge in [0.05, 0.1) is 17.3 Å². The van der Waals surface area contributed by atoms with Gasteiger partial charge in [-0.1, -0.05) is 42.5 Å². The standard InChI is InChI=1S/C20H23N3O.2ClH/c24-20(17-13-21-14-17)23-12-6-11-22(15-16-7-2-1-3-8-16)18-9-4-5-10-19(18)23;;/h1-5,7-10,17,21H,6,11-15H2;2*1H. The molecule has 1 saturated heterocycles. The fourth-order valence-corrected chi connectivity index (χ4v) is 3.50. The van der Waals surface area contributed by atoms with Gasteiger partial charge in [0.25, 0.3) is 0 Å². The lowest BCUT2D eigenvalue weighted by molar-refractivity contribution is -0.123. The Morgan fingerprint density at radius 3 is 2.23 bits per heavy atom. The highest BCUT2D eigenvalue weighted by atomic mass is 35.5. The van der Waals surface area contributed by atoms with E-state index in [9.17, 15) is 4.79 Å². The van der Waals surface area contributed by atoms with Gasteiger partial charge >= 0.3 is 0 Å². The number of nitrogens with one attached hydrogen (secondary N) is 1. The van der Waals surface area contributed by atoms with E-state index in [0.717, 1.165) is 44.8 Å². The van der Waals surface area contributed by atoms with E-state index in [4.69, 9.17) is 0 Å². The number of hydrogen-bond donors (Lipinski definition) is 1. The Morgan fingerprint density at radius 1 is 0.923 bits per heavy atom. The highest BCUT2D eigenvalue weighted by Gasteiger charge is 2.32. The molecular formula is C20H25Cl2N3O. The molecule has 0 radical (unpaired) electrons. The lowest BCUT2D eigenvalue weighted by atomic mass is 10.0. The van der Waals surface area contributed by atoms with Crippen LogP contribution < -0.4 is 15.1 Å². The number of amides is 1. The number of halogens is 2. The average molecular weight is 394 g/mol. The highest BCUT2D eigenvalue weighted by Crippen LogP contribution is 2.34. The second-order valence-electron chi connectivity index (χ2n) is 6.59. The van der Waals surface area contributed by atoms with Gasteiger partial charge in [-0.25, -0.2) is 0 Å². The molecule has 0 aromatic heterocycles. The minimum atomic E-state index is 0. The van der Waals surface area contributed by atoms with Crippen LogP contribution in [0, 0.1) is 5.92 Å². The molecule has 2 aromatic rings. The predicted molar refractivity (Wildman–Crippen MR) is 112 cm³/mol. The maximum Gasteiger partial charge on any atom is 0.232 e. The van der Waals surface area contributed by atoms with Crippen LogP contribution in [0.5, 0.6) is 0 Å². The van der Waals surface area contributed by atoms with Crippen molar-refractivity contribution < 1.29 is 4.79 Å². The van der Waals surface area contributed by atoms with Crippen LogP contribution in [-0.2, 0) is 11.3 Å². The van der Waals surface area contributed by atoms with Gasteiger partial charge in [0.1, 0.15) is 0 Å². The van der Waals surface area contributed by atoms with Gasteiger partial charge in [0.2, 0.25) is 5.91 Å². The maximum atomic E-state index is 12.8. The Hall–Kier alpha value is -1.75. The van der Waals surface area contributed by atoms with E-state index in [1.807, 2.05) is 17.0 Å². The smallest absolute Gasteiger partial charge is 0.232 e. The number of anilines is 2. The van der Waals surface area contributed by atoms with Gasteiger partial charge < -0.3 is 15.1 Å². The SMILES string of the molecule is Cl.Cl.O=C(C1CNC1)N1CCCN(Cc2ccccc2)c2ccccc21. The summed E-state index contributed by atoms with van der Waals surface area (Å²) in [6.45, 7) is 4.28. The van der Waals surface area contributed by atoms with Crippen LogP contribution in [-0.4, -0.2) is 32.1 Å². The molecule has 4 rings (SSSR count). The van der Waals surface area contributed by atoms with Crippen molar-refractivity contribution in [2.24, 2.45) is 5.92 Å². The molecule has 6 heteroatoms. The third kappa shape index (κ3) is 4.14. The van der Waals surface area contributed by atoms with Crippen molar-refractivity contribution in [3.8, 4) is 0 Å². The molecule has 0 saturated carbocycles. The number of benzene rings is 2. The fraction of sp³-hybridized carbons (Fsp3) is 0.350. The molecule has 1 N–H and O–H groups in total. The van der Waals surface area contributed by atoms with Gasteiger partial charge in [-0.15, -0.1) is 24.8 Å². The van der Waals surface area contributed by atoms with Crippen molar-refractivity contribution in [3.05, 3.63) is 60.2 Å². The van der Waals surface area contributed by atoms with Crippen molar-refractivity contribution in [1.29, 1.82) is 0 Å². The van der Waals surface area contributed by atoms with Crippen LogP contribution >= 0.6 is 24.8 Å². The van der Waals surface area contributed by atoms with E-state index in [2.05, 4.69) is 52.7 Å². The molecular weight excluding hydrogens is 369 g/mol. The van der Waals surface area contributed by atoms with Gasteiger partial charge in [-0.3, -0.25) is 4.79 Å². The Labute approximate surface area is 167 Å². The van der Waals surface area contributed by atoms with Crippen molar-refractivity contribution in [2.45, 2.75) is 13.0 Å². The van der Waals surface area contributed by atoms with Crippen molar-refractivity contribution in [3.63, 3.8) is 0 Å². The lowest BCUT2D eigenvalue weighted by Crippen LogP contribution is -2.52. The largest absolute Gasteiger partial charge is 0.365 e. The first-order valence-corrected chi connectivity index (χ1v) is 8.73. The molecule has 0 unspecified atom stereocenters. The minimum absolute atomic E-state index is 0. The summed E-state index contributed by atoms with van der Waals surface area (Å²) in [6.07, 6.45) is 0.993. The highest BCUT2D eigenvalue weighted by molar-refractivity contribution is 5.99. The summed E-state index contributed by atoms with van der Waals surface area (Å²) in [4.78, 5) is 17.2. The van der Waals surface area contributed by atoms with Crippen LogP contribution in [0.4, 0.5) is 11.4 Å². The molecule has 2 aromatic carbocycles. The third-order valence-electron chi connectivity index (χ3n) is 4.94. The molecule has 2 aliphatic heterocycles. The van der Waals surface area contributed by atoms with Gasteiger partial charge in [-0.2, -0.15) is 0 Å². The number of carbonyl (C=O) groups is 1. The first kappa shape index (κ1) is 20.6. The van der Waals surface area contributed by atoms with Gasteiger partial charge in [0, 0.05) is 32.7 Å². The summed E-state index contributed by atoms with van der Waals surface area (Å²) in [5, 5.41) is 3.20. The number of carbonyl (C=O) groups excluding carboxylic acids is 1. The second-order valence-corrected chi connectivity index (χ2v) is 6.59. The molecule has 0 spiro atoms. The van der Waals surface area contributed by atoms with E-state index in [0.29, 0.717) is 0 Å². The van der Waals surface area contributed by atoms with Crippen molar-refractivity contribution in [1.82, 2.24) is 5.32 Å². The molecule has 1 amide bonds. The Balaban J connectivity index is 0.00000121. The Morgan fingerprint density at radius 2 is 1.58 bits per heavy atom. The van der Waals surface area contributed by atoms with E-state index in [1.54, 1.807) is 0 Å². The molecule has 2 aliphatic rings. The zero-order valence-corrected chi connectivity index (χ0v) is 16.3. The van der Waals surface area contributed by atoms with Gasteiger partial charge in [-0.05, 0) is 24.1 Å². The van der Waals surface area contributed by atoms with Crippen LogP contribution in [0.2, 0.25) is 0 Å².